The molecule has 1 aliphatic heterocycles. The van der Waals surface area contributed by atoms with Crippen LogP contribution in [-0.4, -0.2) is 59.5 Å². The molecule has 1 heterocycles. The largest absolute Gasteiger partial charge is 0.480 e. The molecule has 1 amide bonds. The lowest BCUT2D eigenvalue weighted by Gasteiger charge is -2.34. The van der Waals surface area contributed by atoms with Crippen molar-refractivity contribution in [3.8, 4) is 0 Å². The lowest BCUT2D eigenvalue weighted by molar-refractivity contribution is -0.138. The zero-order valence-corrected chi connectivity index (χ0v) is 13.9. The Labute approximate surface area is 133 Å². The third-order valence-corrected chi connectivity index (χ3v) is 4.33. The van der Waals surface area contributed by atoms with E-state index in [1.165, 1.54) is 0 Å². The van der Waals surface area contributed by atoms with Gasteiger partial charge < -0.3 is 10.0 Å². The van der Waals surface area contributed by atoms with Gasteiger partial charge in [0.25, 0.3) is 5.91 Å². The van der Waals surface area contributed by atoms with Crippen LogP contribution in [0.5, 0.6) is 0 Å². The molecule has 0 unspecified atom stereocenters. The maximum absolute atomic E-state index is 12.4. The highest BCUT2D eigenvalue weighted by atomic mass is 79.9. The highest BCUT2D eigenvalue weighted by Gasteiger charge is 2.24. The molecule has 1 N–H and O–H groups in total. The molecular weight excluding hydrogens is 392 g/mol. The topological polar surface area (TPSA) is 60.9 Å². The van der Waals surface area contributed by atoms with E-state index in [2.05, 4.69) is 31.9 Å². The van der Waals surface area contributed by atoms with Crippen LogP contribution in [0.1, 0.15) is 10.4 Å². The molecule has 0 radical (unpaired) electrons. The first kappa shape index (κ1) is 15.5. The van der Waals surface area contributed by atoms with Crippen LogP contribution in [0.25, 0.3) is 0 Å². The molecule has 1 fully saturated rings. The van der Waals surface area contributed by atoms with Gasteiger partial charge in [-0.25, -0.2) is 0 Å². The van der Waals surface area contributed by atoms with Crippen LogP contribution in [0.3, 0.4) is 0 Å². The van der Waals surface area contributed by atoms with Crippen molar-refractivity contribution in [2.45, 2.75) is 0 Å². The number of hydrogen-bond donors (Lipinski definition) is 1. The van der Waals surface area contributed by atoms with Crippen molar-refractivity contribution in [2.75, 3.05) is 32.7 Å². The van der Waals surface area contributed by atoms with Crippen LogP contribution in [-0.2, 0) is 4.79 Å². The molecule has 0 aliphatic carbocycles. The van der Waals surface area contributed by atoms with Gasteiger partial charge in [0.1, 0.15) is 0 Å². The van der Waals surface area contributed by atoms with Gasteiger partial charge in [-0.05, 0) is 34.1 Å². The smallest absolute Gasteiger partial charge is 0.317 e. The number of hydrogen-bond acceptors (Lipinski definition) is 3. The first-order valence-electron chi connectivity index (χ1n) is 6.16. The number of amides is 1. The molecule has 7 heteroatoms. The van der Waals surface area contributed by atoms with Crippen molar-refractivity contribution in [1.82, 2.24) is 9.80 Å². The van der Waals surface area contributed by atoms with Crippen LogP contribution in [0.4, 0.5) is 0 Å². The van der Waals surface area contributed by atoms with E-state index in [0.29, 0.717) is 31.7 Å². The maximum atomic E-state index is 12.4. The average molecular weight is 406 g/mol. The van der Waals surface area contributed by atoms with Crippen LogP contribution in [0.15, 0.2) is 27.1 Å². The number of rotatable bonds is 3. The molecule has 0 aromatic heterocycles. The van der Waals surface area contributed by atoms with E-state index >= 15 is 0 Å². The summed E-state index contributed by atoms with van der Waals surface area (Å²) in [6.07, 6.45) is 0. The summed E-state index contributed by atoms with van der Waals surface area (Å²) < 4.78 is 1.66. The number of carboxylic acid groups (broad SMARTS) is 1. The predicted octanol–water partition coefficient (Wildman–Crippen LogP) is 2.05. The monoisotopic (exact) mass is 404 g/mol. The number of benzene rings is 1. The Kier molecular flexibility index (Phi) is 5.17. The number of carbonyl (C=O) groups excluding carboxylic acids is 1. The summed E-state index contributed by atoms with van der Waals surface area (Å²) in [5.74, 6) is -0.861. The predicted molar refractivity (Wildman–Crippen MR) is 81.8 cm³/mol. The summed E-state index contributed by atoms with van der Waals surface area (Å²) in [5, 5.41) is 8.75. The number of carboxylic acids is 1. The Morgan fingerprint density at radius 1 is 1.15 bits per heavy atom. The molecule has 5 nitrogen and oxygen atoms in total. The van der Waals surface area contributed by atoms with Crippen molar-refractivity contribution < 1.29 is 14.7 Å². The first-order chi connectivity index (χ1) is 9.47. The lowest BCUT2D eigenvalue weighted by atomic mass is 10.2. The molecular formula is C13H14Br2N2O3. The van der Waals surface area contributed by atoms with E-state index in [1.807, 2.05) is 17.0 Å². The fourth-order valence-electron chi connectivity index (χ4n) is 2.13. The Bertz CT molecular complexity index is 528. The van der Waals surface area contributed by atoms with Crippen molar-refractivity contribution in [1.29, 1.82) is 0 Å². The molecule has 0 saturated carbocycles. The maximum Gasteiger partial charge on any atom is 0.317 e. The minimum absolute atomic E-state index is 0.0284. The van der Waals surface area contributed by atoms with Gasteiger partial charge >= 0.3 is 5.97 Å². The van der Waals surface area contributed by atoms with E-state index in [9.17, 15) is 9.59 Å². The summed E-state index contributed by atoms with van der Waals surface area (Å²) in [6, 6.07) is 5.45. The van der Waals surface area contributed by atoms with Gasteiger partial charge in [0.2, 0.25) is 0 Å². The molecule has 1 saturated heterocycles. The average Bonchev–Trinajstić information content (AvgIpc) is 2.38. The van der Waals surface area contributed by atoms with E-state index in [1.54, 1.807) is 11.0 Å². The molecule has 0 spiro atoms. The molecule has 108 valence electrons. The minimum atomic E-state index is -0.833. The Morgan fingerprint density at radius 2 is 1.80 bits per heavy atom. The van der Waals surface area contributed by atoms with Crippen molar-refractivity contribution in [3.63, 3.8) is 0 Å². The number of carbonyl (C=O) groups is 2. The van der Waals surface area contributed by atoms with Crippen LogP contribution in [0, 0.1) is 0 Å². The molecule has 2 rings (SSSR count). The second-order valence-electron chi connectivity index (χ2n) is 4.59. The fourth-order valence-corrected chi connectivity index (χ4v) is 3.35. The van der Waals surface area contributed by atoms with Crippen molar-refractivity contribution >= 4 is 43.7 Å². The molecule has 0 bridgehead atoms. The van der Waals surface area contributed by atoms with Gasteiger partial charge in [0.05, 0.1) is 12.1 Å². The van der Waals surface area contributed by atoms with Gasteiger partial charge in [-0.15, -0.1) is 0 Å². The zero-order chi connectivity index (χ0) is 14.7. The van der Waals surface area contributed by atoms with E-state index in [-0.39, 0.29) is 12.5 Å². The number of aliphatic carboxylic acids is 1. The molecule has 0 atom stereocenters. The summed E-state index contributed by atoms with van der Waals surface area (Å²) >= 11 is 6.75. The zero-order valence-electron chi connectivity index (χ0n) is 10.7. The summed E-state index contributed by atoms with van der Waals surface area (Å²) in [4.78, 5) is 26.6. The van der Waals surface area contributed by atoms with Gasteiger partial charge in [-0.1, -0.05) is 15.9 Å². The summed E-state index contributed by atoms with van der Waals surface area (Å²) in [6.45, 7) is 2.31. The second kappa shape index (κ2) is 6.69. The lowest BCUT2D eigenvalue weighted by Crippen LogP contribution is -2.49. The Balaban J connectivity index is 1.99. The standard InChI is InChI=1S/C13H14Br2N2O3/c14-9-1-2-10(11(15)7-9)13(20)17-5-3-16(4-6-17)8-12(18)19/h1-2,7H,3-6,8H2,(H,18,19). The second-order valence-corrected chi connectivity index (χ2v) is 6.36. The van der Waals surface area contributed by atoms with Crippen LogP contribution in [0.2, 0.25) is 0 Å². The van der Waals surface area contributed by atoms with E-state index < -0.39 is 5.97 Å². The number of halogens is 2. The molecule has 1 aliphatic rings. The van der Waals surface area contributed by atoms with Crippen LogP contribution < -0.4 is 0 Å². The Hall–Kier alpha value is -0.920. The van der Waals surface area contributed by atoms with Gasteiger partial charge in [0, 0.05) is 35.1 Å². The summed E-state index contributed by atoms with van der Waals surface area (Å²) in [7, 11) is 0. The highest BCUT2D eigenvalue weighted by Crippen LogP contribution is 2.23. The van der Waals surface area contributed by atoms with E-state index in [0.717, 1.165) is 8.95 Å². The quantitative estimate of drug-likeness (QED) is 0.835. The third kappa shape index (κ3) is 3.80. The minimum Gasteiger partial charge on any atom is -0.480 e. The van der Waals surface area contributed by atoms with Crippen molar-refractivity contribution in [2.24, 2.45) is 0 Å². The first-order valence-corrected chi connectivity index (χ1v) is 7.74. The molecule has 20 heavy (non-hydrogen) atoms. The number of nitrogens with zero attached hydrogens (tertiary/aromatic N) is 2. The highest BCUT2D eigenvalue weighted by molar-refractivity contribution is 9.11. The van der Waals surface area contributed by atoms with Crippen LogP contribution >= 0.6 is 31.9 Å². The Morgan fingerprint density at radius 3 is 2.35 bits per heavy atom. The molecule has 1 aromatic rings. The normalized spacial score (nSPS) is 16.2. The number of piperazine rings is 1. The van der Waals surface area contributed by atoms with Gasteiger partial charge in [-0.2, -0.15) is 0 Å². The third-order valence-electron chi connectivity index (χ3n) is 3.18. The molecule has 1 aromatic carbocycles. The van der Waals surface area contributed by atoms with Crippen molar-refractivity contribution in [3.05, 3.63) is 32.7 Å². The van der Waals surface area contributed by atoms with E-state index in [4.69, 9.17) is 5.11 Å². The fraction of sp³-hybridized carbons (Fsp3) is 0.385. The SMILES string of the molecule is O=C(O)CN1CCN(C(=O)c2ccc(Br)cc2Br)CC1. The van der Waals surface area contributed by atoms with Gasteiger partial charge in [-0.3, -0.25) is 14.5 Å². The summed E-state index contributed by atoms with van der Waals surface area (Å²) in [5.41, 5.74) is 0.625. The van der Waals surface area contributed by atoms with Gasteiger partial charge in [0.15, 0.2) is 0 Å².